The van der Waals surface area contributed by atoms with Gasteiger partial charge in [0, 0.05) is 18.3 Å². The second-order valence-electron chi connectivity index (χ2n) is 7.11. The van der Waals surface area contributed by atoms with Gasteiger partial charge in [0.05, 0.1) is 0 Å². The number of carbonyl (C=O) groups is 1. The Morgan fingerprint density at radius 2 is 1.35 bits per heavy atom. The molecule has 0 fully saturated rings. The van der Waals surface area contributed by atoms with Crippen molar-refractivity contribution < 1.29 is 9.90 Å². The van der Waals surface area contributed by atoms with Gasteiger partial charge in [-0.05, 0) is 30.2 Å². The highest BCUT2D eigenvalue weighted by molar-refractivity contribution is 5.85. The second kappa shape index (κ2) is 15.5. The number of hydrogen-bond donors (Lipinski definition) is 2. The van der Waals surface area contributed by atoms with Crippen LogP contribution in [0, 0.1) is 0 Å². The van der Waals surface area contributed by atoms with Crippen LogP contribution in [0.1, 0.15) is 89.5 Å². The summed E-state index contributed by atoms with van der Waals surface area (Å²) < 4.78 is 0. The number of nitrogens with one attached hydrogen (secondary N) is 1. The Hall–Kier alpha value is -1.77. The van der Waals surface area contributed by atoms with Gasteiger partial charge in [0.25, 0.3) is 0 Å². The van der Waals surface area contributed by atoms with Crippen molar-refractivity contribution in [2.45, 2.75) is 84.0 Å². The summed E-state index contributed by atoms with van der Waals surface area (Å²) in [6, 6.07) is 7.87. The monoisotopic (exact) mass is 359 g/mol. The normalized spacial score (nSPS) is 11.1. The molecule has 0 heterocycles. The molecule has 26 heavy (non-hydrogen) atoms. The minimum absolute atomic E-state index is 0.906. The second-order valence-corrected chi connectivity index (χ2v) is 7.11. The molecule has 0 atom stereocenters. The van der Waals surface area contributed by atoms with Crippen molar-refractivity contribution in [1.82, 2.24) is 0 Å². The number of rotatable bonds is 16. The zero-order chi connectivity index (χ0) is 18.9. The lowest BCUT2D eigenvalue weighted by Gasteiger charge is -2.07. The fraction of sp³-hybridized carbons (Fsp3) is 0.609. The van der Waals surface area contributed by atoms with Gasteiger partial charge in [0.1, 0.15) is 0 Å². The molecule has 0 amide bonds. The standard InChI is InChI=1S/C23H37NO2/c1-2-3-4-5-6-7-8-9-10-11-12-13-20-24-22-17-14-21(15-18-22)16-19-23(25)26/h14-19,24H,2-13,20H2,1H3,(H,25,26). The molecule has 0 bridgehead atoms. The predicted molar refractivity (Wildman–Crippen MR) is 113 cm³/mol. The molecular formula is C23H37NO2. The van der Waals surface area contributed by atoms with Gasteiger partial charge in [0.15, 0.2) is 0 Å². The van der Waals surface area contributed by atoms with Crippen molar-refractivity contribution in [3.05, 3.63) is 35.9 Å². The van der Waals surface area contributed by atoms with Gasteiger partial charge in [-0.3, -0.25) is 0 Å². The maximum Gasteiger partial charge on any atom is 0.328 e. The quantitative estimate of drug-likeness (QED) is 0.249. The lowest BCUT2D eigenvalue weighted by atomic mass is 10.1. The Kier molecular flexibility index (Phi) is 13.3. The fourth-order valence-corrected chi connectivity index (χ4v) is 3.08. The largest absolute Gasteiger partial charge is 0.478 e. The summed E-state index contributed by atoms with van der Waals surface area (Å²) in [5.74, 6) is -0.917. The Labute approximate surface area is 159 Å². The first kappa shape index (κ1) is 22.3. The SMILES string of the molecule is CCCCCCCCCCCCCCNc1ccc(C=CC(=O)O)cc1. The van der Waals surface area contributed by atoms with E-state index in [0.717, 1.165) is 23.9 Å². The summed E-state index contributed by atoms with van der Waals surface area (Å²) >= 11 is 0. The summed E-state index contributed by atoms with van der Waals surface area (Å²) in [6.45, 7) is 3.27. The number of hydrogen-bond acceptors (Lipinski definition) is 2. The molecule has 0 aliphatic rings. The third-order valence-corrected chi connectivity index (χ3v) is 4.69. The zero-order valence-corrected chi connectivity index (χ0v) is 16.5. The number of carboxylic acid groups (broad SMARTS) is 1. The topological polar surface area (TPSA) is 49.3 Å². The van der Waals surface area contributed by atoms with Crippen molar-refractivity contribution in [3.8, 4) is 0 Å². The van der Waals surface area contributed by atoms with Crippen LogP contribution in [-0.2, 0) is 4.79 Å². The molecule has 3 nitrogen and oxygen atoms in total. The predicted octanol–water partition coefficient (Wildman–Crippen LogP) is 6.90. The molecule has 0 aromatic heterocycles. The lowest BCUT2D eigenvalue weighted by Crippen LogP contribution is -2.01. The van der Waals surface area contributed by atoms with Crippen LogP contribution in [0.25, 0.3) is 6.08 Å². The minimum atomic E-state index is -0.917. The van der Waals surface area contributed by atoms with E-state index in [1.54, 1.807) is 6.08 Å². The van der Waals surface area contributed by atoms with Crippen LogP contribution in [0.15, 0.2) is 30.3 Å². The van der Waals surface area contributed by atoms with Gasteiger partial charge in [0.2, 0.25) is 0 Å². The highest BCUT2D eigenvalue weighted by Gasteiger charge is 1.95. The van der Waals surface area contributed by atoms with Crippen LogP contribution in [0.5, 0.6) is 0 Å². The molecule has 0 spiro atoms. The fourth-order valence-electron chi connectivity index (χ4n) is 3.08. The van der Waals surface area contributed by atoms with Gasteiger partial charge in [-0.1, -0.05) is 89.7 Å². The van der Waals surface area contributed by atoms with Gasteiger partial charge in [-0.15, -0.1) is 0 Å². The van der Waals surface area contributed by atoms with E-state index >= 15 is 0 Å². The number of anilines is 1. The van der Waals surface area contributed by atoms with E-state index in [2.05, 4.69) is 12.2 Å². The molecule has 0 radical (unpaired) electrons. The summed E-state index contributed by atoms with van der Waals surface area (Å²) in [5, 5.41) is 12.0. The van der Waals surface area contributed by atoms with Crippen LogP contribution in [-0.4, -0.2) is 17.6 Å². The van der Waals surface area contributed by atoms with Crippen LogP contribution in [0.4, 0.5) is 5.69 Å². The summed E-state index contributed by atoms with van der Waals surface area (Å²) in [5.41, 5.74) is 2.00. The molecular weight excluding hydrogens is 322 g/mol. The molecule has 0 aliphatic carbocycles. The van der Waals surface area contributed by atoms with E-state index in [0.29, 0.717) is 0 Å². The molecule has 3 heteroatoms. The smallest absolute Gasteiger partial charge is 0.328 e. The van der Waals surface area contributed by atoms with Crippen molar-refractivity contribution in [3.63, 3.8) is 0 Å². The molecule has 146 valence electrons. The summed E-state index contributed by atoms with van der Waals surface area (Å²) in [6.07, 6.45) is 19.2. The average molecular weight is 360 g/mol. The highest BCUT2D eigenvalue weighted by atomic mass is 16.4. The maximum absolute atomic E-state index is 10.5. The Balaban J connectivity index is 1.93. The van der Waals surface area contributed by atoms with Gasteiger partial charge < -0.3 is 10.4 Å². The molecule has 0 unspecified atom stereocenters. The van der Waals surface area contributed by atoms with Crippen LogP contribution >= 0.6 is 0 Å². The first-order chi connectivity index (χ1) is 12.7. The number of unbranched alkanes of at least 4 members (excludes halogenated alkanes) is 11. The van der Waals surface area contributed by atoms with Crippen molar-refractivity contribution in [2.75, 3.05) is 11.9 Å². The maximum atomic E-state index is 10.5. The van der Waals surface area contributed by atoms with Crippen molar-refractivity contribution in [2.24, 2.45) is 0 Å². The van der Waals surface area contributed by atoms with Crippen molar-refractivity contribution >= 4 is 17.7 Å². The third kappa shape index (κ3) is 12.6. The summed E-state index contributed by atoms with van der Waals surface area (Å²) in [7, 11) is 0. The first-order valence-corrected chi connectivity index (χ1v) is 10.5. The van der Waals surface area contributed by atoms with Gasteiger partial charge in [-0.2, -0.15) is 0 Å². The van der Waals surface area contributed by atoms with Gasteiger partial charge in [-0.25, -0.2) is 4.79 Å². The molecule has 0 saturated heterocycles. The van der Waals surface area contributed by atoms with E-state index < -0.39 is 5.97 Å². The Bertz CT molecular complexity index is 493. The molecule has 1 rings (SSSR count). The number of benzene rings is 1. The third-order valence-electron chi connectivity index (χ3n) is 4.69. The van der Waals surface area contributed by atoms with Gasteiger partial charge >= 0.3 is 5.97 Å². The molecule has 2 N–H and O–H groups in total. The Morgan fingerprint density at radius 1 is 0.846 bits per heavy atom. The molecule has 1 aromatic carbocycles. The van der Waals surface area contributed by atoms with E-state index in [1.165, 1.54) is 77.0 Å². The van der Waals surface area contributed by atoms with E-state index in [4.69, 9.17) is 5.11 Å². The molecule has 0 aliphatic heterocycles. The van der Waals surface area contributed by atoms with E-state index in [9.17, 15) is 4.79 Å². The number of carboxylic acids is 1. The number of aliphatic carboxylic acids is 1. The van der Waals surface area contributed by atoms with Crippen LogP contribution < -0.4 is 5.32 Å². The van der Waals surface area contributed by atoms with Crippen LogP contribution in [0.3, 0.4) is 0 Å². The van der Waals surface area contributed by atoms with E-state index in [-0.39, 0.29) is 0 Å². The lowest BCUT2D eigenvalue weighted by molar-refractivity contribution is -0.131. The average Bonchev–Trinajstić information content (AvgIpc) is 2.64. The van der Waals surface area contributed by atoms with Crippen LogP contribution in [0.2, 0.25) is 0 Å². The van der Waals surface area contributed by atoms with Crippen molar-refractivity contribution in [1.29, 1.82) is 0 Å². The Morgan fingerprint density at radius 3 is 1.85 bits per heavy atom. The van der Waals surface area contributed by atoms with E-state index in [1.807, 2.05) is 24.3 Å². The molecule has 0 saturated carbocycles. The zero-order valence-electron chi connectivity index (χ0n) is 16.5. The molecule has 1 aromatic rings. The highest BCUT2D eigenvalue weighted by Crippen LogP contribution is 2.13. The summed E-state index contributed by atoms with van der Waals surface area (Å²) in [4.78, 5) is 10.5. The first-order valence-electron chi connectivity index (χ1n) is 10.5. The minimum Gasteiger partial charge on any atom is -0.478 e.